The molecule has 0 amide bonds. The molecule has 0 aromatic carbocycles. The van der Waals surface area contributed by atoms with Gasteiger partial charge in [0.2, 0.25) is 0 Å². The minimum Gasteiger partial charge on any atom is -0.404 e. The summed E-state index contributed by atoms with van der Waals surface area (Å²) in [6.45, 7) is 5.17. The number of nitrogens with zero attached hydrogens (tertiary/aromatic N) is 1. The highest BCUT2D eigenvalue weighted by atomic mass is 16.5. The number of fused-ring (bicyclic) bond motifs is 1. The van der Waals surface area contributed by atoms with E-state index >= 15 is 0 Å². The molecule has 0 spiro atoms. The van der Waals surface area contributed by atoms with Gasteiger partial charge in [-0.3, -0.25) is 0 Å². The fourth-order valence-electron chi connectivity index (χ4n) is 5.88. The van der Waals surface area contributed by atoms with Crippen LogP contribution < -0.4 is 0 Å². The van der Waals surface area contributed by atoms with E-state index < -0.39 is 0 Å². The van der Waals surface area contributed by atoms with Gasteiger partial charge in [0, 0.05) is 23.9 Å². The molecule has 22 heavy (non-hydrogen) atoms. The van der Waals surface area contributed by atoms with E-state index in [4.69, 9.17) is 4.74 Å². The van der Waals surface area contributed by atoms with Crippen LogP contribution in [0.25, 0.3) is 0 Å². The van der Waals surface area contributed by atoms with Crippen LogP contribution in [-0.4, -0.2) is 81.2 Å². The lowest BCUT2D eigenvalue weighted by molar-refractivity contribution is -0.0528. The van der Waals surface area contributed by atoms with E-state index in [0.29, 0.717) is 11.3 Å². The molecule has 2 atom stereocenters. The number of hydrogen-bond donors (Lipinski definition) is 0. The topological polar surface area (TPSA) is 12.5 Å². The predicted octanol–water partition coefficient (Wildman–Crippen LogP) is -3.70. The van der Waals surface area contributed by atoms with Crippen LogP contribution in [0.4, 0.5) is 0 Å². The fourth-order valence-corrected chi connectivity index (χ4v) is 5.88. The van der Waals surface area contributed by atoms with E-state index in [-0.39, 0.29) is 16.1 Å². The summed E-state index contributed by atoms with van der Waals surface area (Å²) in [6.07, 6.45) is 6.71. The van der Waals surface area contributed by atoms with Crippen LogP contribution in [0.5, 0.6) is 0 Å². The maximum absolute atomic E-state index is 6.33. The van der Waals surface area contributed by atoms with E-state index in [0.717, 1.165) is 5.92 Å². The Morgan fingerprint density at radius 3 is 2.23 bits per heavy atom. The van der Waals surface area contributed by atoms with Crippen molar-refractivity contribution in [1.29, 1.82) is 0 Å². The molecule has 2 saturated heterocycles. The molecule has 2 heterocycles. The molecule has 0 bridgehead atoms. The van der Waals surface area contributed by atoms with Crippen molar-refractivity contribution in [1.82, 2.24) is 4.90 Å². The second-order valence-electron chi connectivity index (χ2n) is 10.5. The van der Waals surface area contributed by atoms with Crippen molar-refractivity contribution >= 4 is 47.1 Å². The van der Waals surface area contributed by atoms with Crippen molar-refractivity contribution in [2.75, 3.05) is 13.1 Å². The van der Waals surface area contributed by atoms with Crippen molar-refractivity contribution in [3.8, 4) is 0 Å². The van der Waals surface area contributed by atoms with Gasteiger partial charge in [-0.2, -0.15) is 0 Å². The van der Waals surface area contributed by atoms with Gasteiger partial charge in [-0.1, -0.05) is 13.3 Å². The molecular weight excluding hydrogens is 263 g/mol. The Kier molecular flexibility index (Phi) is 4.01. The second kappa shape index (κ2) is 5.15. The summed E-state index contributed by atoms with van der Waals surface area (Å²) >= 11 is 0. The standard InChI is InChI=1S/C14H31B6NO/c1-11-4-2-3-9(11)7-21(8-11)14(19,20)10-5-12(15,16)22-13(17,18)6-10/h9-10H,2-8,15-20H2,1H3/t9-,11+/m1/s1. The molecule has 2 nitrogen and oxygen atoms in total. The van der Waals surface area contributed by atoms with E-state index in [2.05, 4.69) is 58.9 Å². The molecule has 1 aliphatic carbocycles. The zero-order valence-corrected chi connectivity index (χ0v) is 16.0. The van der Waals surface area contributed by atoms with Crippen molar-refractivity contribution in [2.45, 2.75) is 55.2 Å². The lowest BCUT2D eigenvalue weighted by Gasteiger charge is -2.54. The first-order chi connectivity index (χ1) is 9.94. The first kappa shape index (κ1) is 17.1. The molecule has 1 saturated carbocycles. The highest BCUT2D eigenvalue weighted by Gasteiger charge is 2.52. The summed E-state index contributed by atoms with van der Waals surface area (Å²) in [6, 6.07) is 0. The highest BCUT2D eigenvalue weighted by molar-refractivity contribution is 6.44. The Morgan fingerprint density at radius 1 is 1.09 bits per heavy atom. The van der Waals surface area contributed by atoms with Crippen LogP contribution >= 0.6 is 0 Å². The maximum Gasteiger partial charge on any atom is 0.131 e. The van der Waals surface area contributed by atoms with Gasteiger partial charge >= 0.3 is 0 Å². The molecule has 8 heteroatoms. The van der Waals surface area contributed by atoms with E-state index in [1.165, 1.54) is 45.2 Å². The first-order valence-corrected chi connectivity index (χ1v) is 9.39. The molecule has 3 fully saturated rings. The smallest absolute Gasteiger partial charge is 0.131 e. The van der Waals surface area contributed by atoms with Gasteiger partial charge in [0.1, 0.15) is 47.1 Å². The number of rotatable bonds is 2. The summed E-state index contributed by atoms with van der Waals surface area (Å²) < 4.78 is 6.33. The van der Waals surface area contributed by atoms with Crippen LogP contribution in [0.3, 0.4) is 0 Å². The average Bonchev–Trinajstić information content (AvgIpc) is 2.79. The quantitative estimate of drug-likeness (QED) is 0.486. The monoisotopic (exact) mass is 295 g/mol. The molecule has 0 aromatic rings. The minimum atomic E-state index is 0.00316. The molecule has 0 aromatic heterocycles. The zero-order chi connectivity index (χ0) is 16.4. The Morgan fingerprint density at radius 2 is 1.68 bits per heavy atom. The van der Waals surface area contributed by atoms with Gasteiger partial charge in [-0.15, -0.1) is 0 Å². The third kappa shape index (κ3) is 2.99. The van der Waals surface area contributed by atoms with Gasteiger partial charge in [0.05, 0.1) is 0 Å². The van der Waals surface area contributed by atoms with E-state index in [1.807, 2.05) is 0 Å². The van der Waals surface area contributed by atoms with Gasteiger partial charge < -0.3 is 9.64 Å². The number of likely N-dealkylation sites (tertiary alicyclic amines) is 1. The molecule has 0 unspecified atom stereocenters. The molecule has 0 N–H and O–H groups in total. The SMILES string of the molecule is BC1(B)CC(C(B)(B)N2C[C@H]3CCC[C@@]3(C)C2)CC(B)(B)O1. The Hall–Kier alpha value is 0.310. The van der Waals surface area contributed by atoms with Crippen molar-refractivity contribution in [2.24, 2.45) is 17.3 Å². The minimum absolute atomic E-state index is 0.00316. The van der Waals surface area contributed by atoms with Crippen molar-refractivity contribution in [3.63, 3.8) is 0 Å². The van der Waals surface area contributed by atoms with Crippen LogP contribution in [0.1, 0.15) is 39.0 Å². The third-order valence-corrected chi connectivity index (χ3v) is 7.12. The summed E-state index contributed by atoms with van der Waals surface area (Å²) in [5.74, 6) is 1.65. The first-order valence-electron chi connectivity index (χ1n) is 9.39. The summed E-state index contributed by atoms with van der Waals surface area (Å²) in [5.41, 5.74) is 0.591. The Balaban J connectivity index is 1.78. The Bertz CT molecular complexity index is 441. The average molecular weight is 294 g/mol. The van der Waals surface area contributed by atoms with Gasteiger partial charge in [-0.25, -0.2) is 0 Å². The van der Waals surface area contributed by atoms with Crippen molar-refractivity contribution < 1.29 is 4.74 Å². The normalized spacial score (nSPS) is 38.9. The molecular formula is C14H31B6NO. The summed E-state index contributed by atoms with van der Waals surface area (Å²) in [4.78, 5) is 2.83. The second-order valence-corrected chi connectivity index (χ2v) is 10.5. The molecule has 3 rings (SSSR count). The molecule has 3 aliphatic rings. The third-order valence-electron chi connectivity index (χ3n) is 7.12. The van der Waals surface area contributed by atoms with Crippen LogP contribution in [0.2, 0.25) is 0 Å². The zero-order valence-electron chi connectivity index (χ0n) is 16.0. The van der Waals surface area contributed by atoms with Crippen LogP contribution in [0.15, 0.2) is 0 Å². The van der Waals surface area contributed by atoms with Crippen LogP contribution in [-0.2, 0) is 4.74 Å². The Labute approximate surface area is 142 Å². The van der Waals surface area contributed by atoms with Gasteiger partial charge in [-0.05, 0) is 48.3 Å². The predicted molar refractivity (Wildman–Crippen MR) is 110 cm³/mol. The van der Waals surface area contributed by atoms with E-state index in [1.54, 1.807) is 0 Å². The fraction of sp³-hybridized carbons (Fsp3) is 1.00. The van der Waals surface area contributed by atoms with Gasteiger partial charge in [0.25, 0.3) is 0 Å². The highest BCUT2D eigenvalue weighted by Crippen LogP contribution is 2.51. The lowest BCUT2D eigenvalue weighted by atomic mass is 9.43. The number of hydrogen-bond acceptors (Lipinski definition) is 2. The van der Waals surface area contributed by atoms with Crippen LogP contribution in [0, 0.1) is 17.3 Å². The molecule has 2 aliphatic heterocycles. The molecule has 116 valence electrons. The number of ether oxygens (including phenoxy) is 1. The summed E-state index contributed by atoms with van der Waals surface area (Å²) in [7, 11) is 14.1. The lowest BCUT2D eigenvalue weighted by Crippen LogP contribution is -2.63. The van der Waals surface area contributed by atoms with E-state index in [9.17, 15) is 0 Å². The summed E-state index contributed by atoms with van der Waals surface area (Å²) in [5, 5.41) is 0.290. The maximum atomic E-state index is 6.33. The van der Waals surface area contributed by atoms with Gasteiger partial charge in [0.15, 0.2) is 0 Å². The van der Waals surface area contributed by atoms with Crippen molar-refractivity contribution in [3.05, 3.63) is 0 Å². The molecule has 0 radical (unpaired) electrons. The largest absolute Gasteiger partial charge is 0.404 e.